The van der Waals surface area contributed by atoms with Crippen molar-refractivity contribution in [2.24, 2.45) is 18.7 Å². The van der Waals surface area contributed by atoms with E-state index in [1.54, 1.807) is 0 Å². The maximum Gasteiger partial charge on any atom is 0.0955 e. The Labute approximate surface area is 108 Å². The minimum Gasteiger partial charge on any atom is -0.334 e. The van der Waals surface area contributed by atoms with Gasteiger partial charge in [0, 0.05) is 20.1 Å². The van der Waals surface area contributed by atoms with Crippen molar-refractivity contribution in [3.05, 3.63) is 30.1 Å². The van der Waals surface area contributed by atoms with E-state index in [0.29, 0.717) is 5.92 Å². The highest BCUT2D eigenvalue weighted by atomic mass is 15.1. The second-order valence-electron chi connectivity index (χ2n) is 5.22. The minimum absolute atomic E-state index is 0.536. The van der Waals surface area contributed by atoms with Crippen molar-refractivity contribution in [2.45, 2.75) is 13.5 Å². The van der Waals surface area contributed by atoms with E-state index in [2.05, 4.69) is 42.1 Å². The Morgan fingerprint density at radius 1 is 1.44 bits per heavy atom. The zero-order valence-electron chi connectivity index (χ0n) is 11.4. The summed E-state index contributed by atoms with van der Waals surface area (Å²) in [5.74, 6) is 0.536. The monoisotopic (exact) mass is 246 g/mol. The molecule has 2 aromatic rings. The van der Waals surface area contributed by atoms with Crippen molar-refractivity contribution in [1.29, 1.82) is 0 Å². The molecule has 1 heterocycles. The molecule has 4 heteroatoms. The van der Waals surface area contributed by atoms with Crippen LogP contribution in [0.5, 0.6) is 0 Å². The molecule has 0 aliphatic carbocycles. The van der Waals surface area contributed by atoms with Gasteiger partial charge in [-0.2, -0.15) is 0 Å². The van der Waals surface area contributed by atoms with E-state index in [-0.39, 0.29) is 0 Å². The van der Waals surface area contributed by atoms with Gasteiger partial charge in [-0.25, -0.2) is 4.98 Å². The average Bonchev–Trinajstić information content (AvgIpc) is 2.70. The third kappa shape index (κ3) is 2.89. The smallest absolute Gasteiger partial charge is 0.0955 e. The first-order valence-electron chi connectivity index (χ1n) is 6.38. The highest BCUT2D eigenvalue weighted by Crippen LogP contribution is 2.15. The van der Waals surface area contributed by atoms with Crippen LogP contribution in [0.4, 0.5) is 0 Å². The minimum atomic E-state index is 0.536. The summed E-state index contributed by atoms with van der Waals surface area (Å²) >= 11 is 0. The van der Waals surface area contributed by atoms with Gasteiger partial charge in [0.1, 0.15) is 0 Å². The van der Waals surface area contributed by atoms with Crippen molar-refractivity contribution in [1.82, 2.24) is 14.5 Å². The standard InChI is InChI=1S/C14H22N4/c1-11(7-15)8-17(2)9-12-4-5-14-13(6-12)16-10-18(14)3/h4-6,10-11H,7-9,15H2,1-3H3. The fraction of sp³-hybridized carbons (Fsp3) is 0.500. The number of benzene rings is 1. The summed E-state index contributed by atoms with van der Waals surface area (Å²) in [6.45, 7) is 4.88. The molecule has 18 heavy (non-hydrogen) atoms. The summed E-state index contributed by atoms with van der Waals surface area (Å²) in [5, 5.41) is 0. The third-order valence-corrected chi connectivity index (χ3v) is 3.27. The molecule has 0 bridgehead atoms. The summed E-state index contributed by atoms with van der Waals surface area (Å²) in [6.07, 6.45) is 1.86. The SMILES string of the molecule is CC(CN)CN(C)Cc1ccc2c(c1)ncn2C. The van der Waals surface area contributed by atoms with E-state index in [9.17, 15) is 0 Å². The lowest BCUT2D eigenvalue weighted by molar-refractivity contribution is 0.282. The van der Waals surface area contributed by atoms with Crippen molar-refractivity contribution in [2.75, 3.05) is 20.1 Å². The van der Waals surface area contributed by atoms with Crippen LogP contribution >= 0.6 is 0 Å². The van der Waals surface area contributed by atoms with Crippen LogP contribution in [0.2, 0.25) is 0 Å². The Hall–Kier alpha value is -1.39. The first-order valence-corrected chi connectivity index (χ1v) is 6.38. The van der Waals surface area contributed by atoms with Gasteiger partial charge in [-0.15, -0.1) is 0 Å². The van der Waals surface area contributed by atoms with Crippen molar-refractivity contribution in [3.8, 4) is 0 Å². The maximum atomic E-state index is 5.65. The van der Waals surface area contributed by atoms with Crippen LogP contribution in [0.15, 0.2) is 24.5 Å². The third-order valence-electron chi connectivity index (χ3n) is 3.27. The molecule has 0 saturated heterocycles. The van der Waals surface area contributed by atoms with Crippen LogP contribution in [0, 0.1) is 5.92 Å². The molecule has 2 rings (SSSR count). The lowest BCUT2D eigenvalue weighted by Gasteiger charge is -2.20. The van der Waals surface area contributed by atoms with Gasteiger partial charge >= 0.3 is 0 Å². The molecule has 0 radical (unpaired) electrons. The Morgan fingerprint density at radius 2 is 2.22 bits per heavy atom. The molecular formula is C14H22N4. The number of fused-ring (bicyclic) bond motifs is 1. The predicted molar refractivity (Wildman–Crippen MR) is 75.3 cm³/mol. The lowest BCUT2D eigenvalue weighted by atomic mass is 10.1. The number of hydrogen-bond donors (Lipinski definition) is 1. The average molecular weight is 246 g/mol. The van der Waals surface area contributed by atoms with Gasteiger partial charge in [0.2, 0.25) is 0 Å². The first kappa shape index (κ1) is 13.1. The molecule has 0 fully saturated rings. The van der Waals surface area contributed by atoms with Gasteiger partial charge in [0.15, 0.2) is 0 Å². The van der Waals surface area contributed by atoms with Crippen LogP contribution in [0.3, 0.4) is 0 Å². The van der Waals surface area contributed by atoms with Gasteiger partial charge in [-0.3, -0.25) is 0 Å². The lowest BCUT2D eigenvalue weighted by Crippen LogP contribution is -2.28. The number of aromatic nitrogens is 2. The first-order chi connectivity index (χ1) is 8.60. The molecule has 2 N–H and O–H groups in total. The number of nitrogens with zero attached hydrogens (tertiary/aromatic N) is 3. The zero-order chi connectivity index (χ0) is 13.1. The molecule has 1 atom stereocenters. The van der Waals surface area contributed by atoms with Gasteiger partial charge in [-0.05, 0) is 37.2 Å². The molecule has 0 spiro atoms. The number of nitrogens with two attached hydrogens (primary N) is 1. The molecule has 0 amide bonds. The topological polar surface area (TPSA) is 47.1 Å². The van der Waals surface area contributed by atoms with Crippen LogP contribution in [-0.4, -0.2) is 34.6 Å². The van der Waals surface area contributed by atoms with Crippen molar-refractivity contribution < 1.29 is 0 Å². The predicted octanol–water partition coefficient (Wildman–Crippen LogP) is 1.60. The van der Waals surface area contributed by atoms with E-state index in [4.69, 9.17) is 5.73 Å². The Balaban J connectivity index is 2.07. The molecule has 98 valence electrons. The van der Waals surface area contributed by atoms with E-state index >= 15 is 0 Å². The van der Waals surface area contributed by atoms with Crippen LogP contribution in [0.1, 0.15) is 12.5 Å². The van der Waals surface area contributed by atoms with Crippen molar-refractivity contribution >= 4 is 11.0 Å². The van der Waals surface area contributed by atoms with Gasteiger partial charge in [0.05, 0.1) is 17.4 Å². The zero-order valence-corrected chi connectivity index (χ0v) is 11.4. The van der Waals surface area contributed by atoms with E-state index < -0.39 is 0 Å². The summed E-state index contributed by atoms with van der Waals surface area (Å²) in [7, 11) is 4.15. The fourth-order valence-corrected chi connectivity index (χ4v) is 2.26. The van der Waals surface area contributed by atoms with Crippen LogP contribution < -0.4 is 5.73 Å². The number of aryl methyl sites for hydroxylation is 1. The normalized spacial score (nSPS) is 13.4. The molecule has 0 aliphatic rings. The van der Waals surface area contributed by atoms with E-state index in [1.807, 2.05) is 17.9 Å². The Morgan fingerprint density at radius 3 is 2.94 bits per heavy atom. The quantitative estimate of drug-likeness (QED) is 0.871. The Kier molecular flexibility index (Phi) is 3.99. The number of hydrogen-bond acceptors (Lipinski definition) is 3. The van der Waals surface area contributed by atoms with Gasteiger partial charge in [0.25, 0.3) is 0 Å². The molecular weight excluding hydrogens is 224 g/mol. The second-order valence-corrected chi connectivity index (χ2v) is 5.22. The Bertz CT molecular complexity index is 517. The van der Waals surface area contributed by atoms with Gasteiger partial charge in [-0.1, -0.05) is 13.0 Å². The molecule has 1 aromatic heterocycles. The number of rotatable bonds is 5. The largest absolute Gasteiger partial charge is 0.334 e. The van der Waals surface area contributed by atoms with Crippen LogP contribution in [-0.2, 0) is 13.6 Å². The summed E-state index contributed by atoms with van der Waals surface area (Å²) < 4.78 is 2.04. The van der Waals surface area contributed by atoms with E-state index in [0.717, 1.165) is 25.2 Å². The fourth-order valence-electron chi connectivity index (χ4n) is 2.26. The highest BCUT2D eigenvalue weighted by Gasteiger charge is 2.07. The summed E-state index contributed by atoms with van der Waals surface area (Å²) in [6, 6.07) is 6.48. The second kappa shape index (κ2) is 5.50. The maximum absolute atomic E-state index is 5.65. The molecule has 0 aliphatic heterocycles. The molecule has 4 nitrogen and oxygen atoms in total. The highest BCUT2D eigenvalue weighted by molar-refractivity contribution is 5.75. The molecule has 1 aromatic carbocycles. The van der Waals surface area contributed by atoms with E-state index in [1.165, 1.54) is 11.1 Å². The van der Waals surface area contributed by atoms with Gasteiger partial charge < -0.3 is 15.2 Å². The van der Waals surface area contributed by atoms with Crippen molar-refractivity contribution in [3.63, 3.8) is 0 Å². The summed E-state index contributed by atoms with van der Waals surface area (Å²) in [5.41, 5.74) is 9.19. The molecule has 0 saturated carbocycles. The number of imidazole rings is 1. The van der Waals surface area contributed by atoms with Crippen LogP contribution in [0.25, 0.3) is 11.0 Å². The summed E-state index contributed by atoms with van der Waals surface area (Å²) in [4.78, 5) is 6.69. The molecule has 1 unspecified atom stereocenters.